The Bertz CT molecular complexity index is 1280. The zero-order valence-corrected chi connectivity index (χ0v) is 17.9. The van der Waals surface area contributed by atoms with Crippen LogP contribution in [0.25, 0.3) is 21.8 Å². The summed E-state index contributed by atoms with van der Waals surface area (Å²) in [7, 11) is 0. The average Bonchev–Trinajstić information content (AvgIpc) is 2.76. The lowest BCUT2D eigenvalue weighted by Crippen LogP contribution is -2.25. The summed E-state index contributed by atoms with van der Waals surface area (Å²) >= 11 is 0. The first-order chi connectivity index (χ1) is 14.8. The predicted octanol–water partition coefficient (Wildman–Crippen LogP) is 4.60. The van der Waals surface area contributed by atoms with Gasteiger partial charge in [0.2, 0.25) is 0 Å². The van der Waals surface area contributed by atoms with E-state index in [1.807, 2.05) is 53.1 Å². The number of para-hydroxylation sites is 2. The molecule has 0 saturated carbocycles. The van der Waals surface area contributed by atoms with E-state index in [2.05, 4.69) is 43.4 Å². The van der Waals surface area contributed by atoms with Gasteiger partial charge in [0, 0.05) is 10.8 Å². The first kappa shape index (κ1) is 20.5. The number of hydrogen-bond acceptors (Lipinski definition) is 3. The molecule has 5 heteroatoms. The maximum absolute atomic E-state index is 12.8. The van der Waals surface area contributed by atoms with E-state index in [4.69, 9.17) is 0 Å². The fourth-order valence-electron chi connectivity index (χ4n) is 3.67. The molecular weight excluding hydrogens is 386 g/mol. The van der Waals surface area contributed by atoms with Crippen molar-refractivity contribution >= 4 is 33.9 Å². The number of hydrazone groups is 1. The van der Waals surface area contributed by atoms with E-state index < -0.39 is 0 Å². The standard InChI is InChI=1S/C26H25N3O2/c1-26(2,3)19-14-12-18(13-15-19)16-27-28-24(30)17-29-22-10-6-4-8-20(22)25(31)21-9-5-7-11-23(21)29/h4-16H,17H2,1-3H3,(H,28,30)/b27-16-. The number of aromatic nitrogens is 1. The van der Waals surface area contributed by atoms with Gasteiger partial charge in [0.25, 0.3) is 5.91 Å². The van der Waals surface area contributed by atoms with Gasteiger partial charge in [-0.3, -0.25) is 9.59 Å². The minimum absolute atomic E-state index is 0.0282. The highest BCUT2D eigenvalue weighted by atomic mass is 16.2. The van der Waals surface area contributed by atoms with Crippen LogP contribution < -0.4 is 10.9 Å². The number of carbonyl (C=O) groups is 1. The quantitative estimate of drug-likeness (QED) is 0.303. The Morgan fingerprint density at radius 3 is 2.00 bits per heavy atom. The normalized spacial score (nSPS) is 12.0. The van der Waals surface area contributed by atoms with Crippen molar-refractivity contribution in [3.63, 3.8) is 0 Å². The van der Waals surface area contributed by atoms with Crippen LogP contribution in [-0.4, -0.2) is 16.7 Å². The lowest BCUT2D eigenvalue weighted by molar-refractivity contribution is -0.121. The summed E-state index contributed by atoms with van der Waals surface area (Å²) in [5, 5.41) is 5.30. The second-order valence-corrected chi connectivity index (χ2v) is 8.61. The minimum Gasteiger partial charge on any atom is -0.331 e. The van der Waals surface area contributed by atoms with Crippen LogP contribution in [0.3, 0.4) is 0 Å². The van der Waals surface area contributed by atoms with Crippen LogP contribution >= 0.6 is 0 Å². The molecule has 0 bridgehead atoms. The molecule has 0 aliphatic carbocycles. The maximum Gasteiger partial charge on any atom is 0.260 e. The molecule has 4 rings (SSSR count). The van der Waals surface area contributed by atoms with Gasteiger partial charge in [-0.15, -0.1) is 0 Å². The molecular formula is C26H25N3O2. The summed E-state index contributed by atoms with van der Waals surface area (Å²) in [4.78, 5) is 25.4. The zero-order valence-electron chi connectivity index (χ0n) is 17.9. The van der Waals surface area contributed by atoms with Crippen molar-refractivity contribution < 1.29 is 4.79 Å². The molecule has 3 aromatic carbocycles. The van der Waals surface area contributed by atoms with E-state index in [-0.39, 0.29) is 23.3 Å². The van der Waals surface area contributed by atoms with Gasteiger partial charge in [0.1, 0.15) is 6.54 Å². The summed E-state index contributed by atoms with van der Waals surface area (Å²) in [5.41, 5.74) is 6.26. The molecule has 0 spiro atoms. The molecule has 1 heterocycles. The van der Waals surface area contributed by atoms with Gasteiger partial charge in [-0.1, -0.05) is 69.3 Å². The van der Waals surface area contributed by atoms with E-state index >= 15 is 0 Å². The Hall–Kier alpha value is -3.73. The van der Waals surface area contributed by atoms with Crippen molar-refractivity contribution in [1.82, 2.24) is 9.99 Å². The van der Waals surface area contributed by atoms with Crippen LogP contribution in [0.4, 0.5) is 0 Å². The summed E-state index contributed by atoms with van der Waals surface area (Å²) in [6.07, 6.45) is 1.63. The Morgan fingerprint density at radius 1 is 0.903 bits per heavy atom. The molecule has 0 radical (unpaired) electrons. The van der Waals surface area contributed by atoms with Crippen LogP contribution in [0.2, 0.25) is 0 Å². The highest BCUT2D eigenvalue weighted by Crippen LogP contribution is 2.22. The molecule has 0 aliphatic rings. The van der Waals surface area contributed by atoms with Gasteiger partial charge in [0.05, 0.1) is 17.2 Å². The van der Waals surface area contributed by atoms with Crippen LogP contribution in [0, 0.1) is 0 Å². The monoisotopic (exact) mass is 411 g/mol. The summed E-state index contributed by atoms with van der Waals surface area (Å²) < 4.78 is 1.86. The molecule has 0 fully saturated rings. The third-order valence-corrected chi connectivity index (χ3v) is 5.36. The third kappa shape index (κ3) is 4.26. The van der Waals surface area contributed by atoms with Crippen molar-refractivity contribution in [2.24, 2.45) is 5.10 Å². The van der Waals surface area contributed by atoms with E-state index in [1.165, 1.54) is 5.56 Å². The number of fused-ring (bicyclic) bond motifs is 2. The summed E-state index contributed by atoms with van der Waals surface area (Å²) in [6.45, 7) is 6.56. The van der Waals surface area contributed by atoms with Crippen LogP contribution in [0.1, 0.15) is 31.9 Å². The Kier molecular flexibility index (Phi) is 5.42. The molecule has 1 amide bonds. The molecule has 5 nitrogen and oxygen atoms in total. The van der Waals surface area contributed by atoms with Crippen molar-refractivity contribution in [2.45, 2.75) is 32.7 Å². The van der Waals surface area contributed by atoms with E-state index in [1.54, 1.807) is 18.3 Å². The van der Waals surface area contributed by atoms with Gasteiger partial charge in [-0.25, -0.2) is 5.43 Å². The Labute approximate surface area is 181 Å². The number of amides is 1. The van der Waals surface area contributed by atoms with Gasteiger partial charge >= 0.3 is 0 Å². The van der Waals surface area contributed by atoms with Gasteiger partial charge in [0.15, 0.2) is 5.43 Å². The Balaban J connectivity index is 1.57. The highest BCUT2D eigenvalue weighted by molar-refractivity contribution is 5.95. The SMILES string of the molecule is CC(C)(C)c1ccc(/C=N\NC(=O)Cn2c3ccccc3c(=O)c3ccccc32)cc1. The number of benzene rings is 3. The fraction of sp³-hybridized carbons (Fsp3) is 0.192. The lowest BCUT2D eigenvalue weighted by Gasteiger charge is -2.18. The van der Waals surface area contributed by atoms with Crippen LogP contribution in [-0.2, 0) is 16.8 Å². The van der Waals surface area contributed by atoms with E-state index in [0.29, 0.717) is 10.8 Å². The number of pyridine rings is 1. The molecule has 0 aliphatic heterocycles. The topological polar surface area (TPSA) is 63.5 Å². The minimum atomic E-state index is -0.262. The van der Waals surface area contributed by atoms with Crippen molar-refractivity contribution in [2.75, 3.05) is 0 Å². The molecule has 31 heavy (non-hydrogen) atoms. The van der Waals surface area contributed by atoms with Gasteiger partial charge < -0.3 is 4.57 Å². The first-order valence-electron chi connectivity index (χ1n) is 10.3. The summed E-state index contributed by atoms with van der Waals surface area (Å²) in [5.74, 6) is -0.262. The average molecular weight is 412 g/mol. The van der Waals surface area contributed by atoms with Crippen LogP contribution in [0.15, 0.2) is 82.7 Å². The van der Waals surface area contributed by atoms with Crippen molar-refractivity contribution in [3.8, 4) is 0 Å². The molecule has 0 saturated heterocycles. The van der Waals surface area contributed by atoms with Crippen molar-refractivity contribution in [3.05, 3.63) is 94.1 Å². The molecule has 156 valence electrons. The number of nitrogens with one attached hydrogen (secondary N) is 1. The number of hydrogen-bond donors (Lipinski definition) is 1. The summed E-state index contributed by atoms with van der Waals surface area (Å²) in [6, 6.07) is 22.8. The fourth-order valence-corrected chi connectivity index (χ4v) is 3.67. The third-order valence-electron chi connectivity index (χ3n) is 5.36. The van der Waals surface area contributed by atoms with Crippen molar-refractivity contribution in [1.29, 1.82) is 0 Å². The van der Waals surface area contributed by atoms with Gasteiger partial charge in [-0.05, 0) is 40.8 Å². The first-order valence-corrected chi connectivity index (χ1v) is 10.3. The largest absolute Gasteiger partial charge is 0.331 e. The molecule has 1 aromatic heterocycles. The molecule has 0 atom stereocenters. The predicted molar refractivity (Wildman–Crippen MR) is 127 cm³/mol. The smallest absolute Gasteiger partial charge is 0.260 e. The molecule has 1 N–H and O–H groups in total. The number of rotatable bonds is 4. The second-order valence-electron chi connectivity index (χ2n) is 8.61. The second kappa shape index (κ2) is 8.19. The number of carbonyl (C=O) groups excluding carboxylic acids is 1. The molecule has 0 unspecified atom stereocenters. The lowest BCUT2D eigenvalue weighted by atomic mass is 9.87. The van der Waals surface area contributed by atoms with E-state index in [9.17, 15) is 9.59 Å². The number of nitrogens with zero attached hydrogens (tertiary/aromatic N) is 2. The van der Waals surface area contributed by atoms with Gasteiger partial charge in [-0.2, -0.15) is 5.10 Å². The maximum atomic E-state index is 12.8. The Morgan fingerprint density at radius 2 is 1.45 bits per heavy atom. The molecule has 4 aromatic rings. The van der Waals surface area contributed by atoms with E-state index in [0.717, 1.165) is 16.6 Å². The highest BCUT2D eigenvalue weighted by Gasteiger charge is 2.13. The zero-order chi connectivity index (χ0) is 22.0. The van der Waals surface area contributed by atoms with Crippen LogP contribution in [0.5, 0.6) is 0 Å².